The van der Waals surface area contributed by atoms with Gasteiger partial charge in [-0.25, -0.2) is 0 Å². The Morgan fingerprint density at radius 1 is 1.21 bits per heavy atom. The van der Waals surface area contributed by atoms with Crippen LogP contribution in [0.25, 0.3) is 11.5 Å². The van der Waals surface area contributed by atoms with Gasteiger partial charge in [0, 0.05) is 13.5 Å². The zero-order valence-electron chi connectivity index (χ0n) is 10.7. The summed E-state index contributed by atoms with van der Waals surface area (Å²) < 4.78 is 15.3. The standard InChI is InChI=1S/C13H16N2O4/c1-17-8-9-18-7-6-12-14-13(19-15-12)10-4-2-3-5-11(10)16/h2-5,16H,6-9H2,1H3. The van der Waals surface area contributed by atoms with Crippen LogP contribution in [0.1, 0.15) is 5.82 Å². The van der Waals surface area contributed by atoms with Gasteiger partial charge in [0.2, 0.25) is 0 Å². The predicted octanol–water partition coefficient (Wildman–Crippen LogP) is 1.65. The number of para-hydroxylation sites is 1. The van der Waals surface area contributed by atoms with Crippen LogP contribution in [0.3, 0.4) is 0 Å². The van der Waals surface area contributed by atoms with Crippen LogP contribution < -0.4 is 0 Å². The highest BCUT2D eigenvalue weighted by atomic mass is 16.5. The largest absolute Gasteiger partial charge is 0.507 e. The van der Waals surface area contributed by atoms with Gasteiger partial charge in [0.1, 0.15) is 5.75 Å². The van der Waals surface area contributed by atoms with Gasteiger partial charge in [0.05, 0.1) is 25.4 Å². The maximum Gasteiger partial charge on any atom is 0.261 e. The molecule has 6 nitrogen and oxygen atoms in total. The number of hydrogen-bond acceptors (Lipinski definition) is 6. The Labute approximate surface area is 111 Å². The first-order valence-electron chi connectivity index (χ1n) is 5.99. The molecule has 0 amide bonds. The van der Waals surface area contributed by atoms with Gasteiger partial charge in [-0.1, -0.05) is 17.3 Å². The van der Waals surface area contributed by atoms with Crippen LogP contribution in [0.15, 0.2) is 28.8 Å². The summed E-state index contributed by atoms with van der Waals surface area (Å²) in [6.45, 7) is 1.61. The highest BCUT2D eigenvalue weighted by Gasteiger charge is 2.11. The van der Waals surface area contributed by atoms with Crippen molar-refractivity contribution in [2.75, 3.05) is 26.9 Å². The van der Waals surface area contributed by atoms with E-state index >= 15 is 0 Å². The van der Waals surface area contributed by atoms with Crippen molar-refractivity contribution in [2.24, 2.45) is 0 Å². The van der Waals surface area contributed by atoms with E-state index in [1.807, 2.05) is 0 Å². The van der Waals surface area contributed by atoms with Gasteiger partial charge < -0.3 is 19.1 Å². The third kappa shape index (κ3) is 3.77. The summed E-state index contributed by atoms with van der Waals surface area (Å²) in [4.78, 5) is 4.21. The number of methoxy groups -OCH3 is 1. The fourth-order valence-electron chi connectivity index (χ4n) is 1.53. The molecule has 0 aliphatic carbocycles. The number of aromatic hydroxyl groups is 1. The Hall–Kier alpha value is -1.92. The quantitative estimate of drug-likeness (QED) is 0.766. The highest BCUT2D eigenvalue weighted by molar-refractivity contribution is 5.61. The molecule has 0 unspecified atom stereocenters. The molecule has 1 heterocycles. The van der Waals surface area contributed by atoms with Crippen LogP contribution in [0.4, 0.5) is 0 Å². The fraction of sp³-hybridized carbons (Fsp3) is 0.385. The molecule has 6 heteroatoms. The Kier molecular flexibility index (Phi) is 4.88. The molecule has 0 spiro atoms. The first-order chi connectivity index (χ1) is 9.31. The third-order valence-corrected chi connectivity index (χ3v) is 2.50. The maximum absolute atomic E-state index is 9.68. The second-order valence-corrected chi connectivity index (χ2v) is 3.89. The summed E-state index contributed by atoms with van der Waals surface area (Å²) in [7, 11) is 1.63. The average molecular weight is 264 g/mol. The Balaban J connectivity index is 1.91. The van der Waals surface area contributed by atoms with Crippen molar-refractivity contribution in [3.63, 3.8) is 0 Å². The van der Waals surface area contributed by atoms with Crippen LogP contribution in [0.5, 0.6) is 5.75 Å². The number of aromatic nitrogens is 2. The number of nitrogens with zero attached hydrogens (tertiary/aromatic N) is 2. The molecule has 1 aromatic heterocycles. The molecule has 0 aliphatic rings. The first-order valence-corrected chi connectivity index (χ1v) is 5.99. The van der Waals surface area contributed by atoms with E-state index in [1.165, 1.54) is 0 Å². The molecule has 0 bridgehead atoms. The van der Waals surface area contributed by atoms with Gasteiger partial charge in [-0.15, -0.1) is 0 Å². The molecule has 0 aliphatic heterocycles. The van der Waals surface area contributed by atoms with Crippen LogP contribution in [-0.2, 0) is 15.9 Å². The van der Waals surface area contributed by atoms with Gasteiger partial charge in [-0.05, 0) is 12.1 Å². The molecule has 2 aromatic rings. The van der Waals surface area contributed by atoms with E-state index in [0.29, 0.717) is 43.5 Å². The van der Waals surface area contributed by atoms with Crippen molar-refractivity contribution >= 4 is 0 Å². The van der Waals surface area contributed by atoms with E-state index < -0.39 is 0 Å². The van der Waals surface area contributed by atoms with Gasteiger partial charge in [0.25, 0.3) is 5.89 Å². The van der Waals surface area contributed by atoms with Gasteiger partial charge in [0.15, 0.2) is 5.82 Å². The summed E-state index contributed by atoms with van der Waals surface area (Å²) >= 11 is 0. The Bertz CT molecular complexity index is 513. The minimum absolute atomic E-state index is 0.119. The van der Waals surface area contributed by atoms with Crippen molar-refractivity contribution in [3.05, 3.63) is 30.1 Å². The van der Waals surface area contributed by atoms with E-state index in [0.717, 1.165) is 0 Å². The smallest absolute Gasteiger partial charge is 0.261 e. The highest BCUT2D eigenvalue weighted by Crippen LogP contribution is 2.26. The lowest BCUT2D eigenvalue weighted by atomic mass is 10.2. The van der Waals surface area contributed by atoms with Crippen molar-refractivity contribution in [1.82, 2.24) is 10.1 Å². The minimum Gasteiger partial charge on any atom is -0.507 e. The van der Waals surface area contributed by atoms with E-state index in [9.17, 15) is 5.11 Å². The zero-order valence-corrected chi connectivity index (χ0v) is 10.7. The normalized spacial score (nSPS) is 10.8. The fourth-order valence-corrected chi connectivity index (χ4v) is 1.53. The molecule has 1 N–H and O–H groups in total. The molecule has 0 fully saturated rings. The number of benzene rings is 1. The second kappa shape index (κ2) is 6.86. The van der Waals surface area contributed by atoms with Crippen molar-refractivity contribution in [3.8, 4) is 17.2 Å². The van der Waals surface area contributed by atoms with Crippen LogP contribution in [0.2, 0.25) is 0 Å². The number of hydrogen-bond donors (Lipinski definition) is 1. The third-order valence-electron chi connectivity index (χ3n) is 2.50. The van der Waals surface area contributed by atoms with Crippen LogP contribution in [0, 0.1) is 0 Å². The number of phenolic OH excluding ortho intramolecular Hbond substituents is 1. The molecular weight excluding hydrogens is 248 g/mol. The van der Waals surface area contributed by atoms with E-state index in [-0.39, 0.29) is 5.75 Å². The molecule has 19 heavy (non-hydrogen) atoms. The molecule has 0 saturated heterocycles. The minimum atomic E-state index is 0.119. The monoisotopic (exact) mass is 264 g/mol. The lowest BCUT2D eigenvalue weighted by Crippen LogP contribution is -2.05. The number of ether oxygens (including phenoxy) is 2. The average Bonchev–Trinajstić information content (AvgIpc) is 2.88. The zero-order chi connectivity index (χ0) is 13.5. The summed E-state index contributed by atoms with van der Waals surface area (Å²) in [6, 6.07) is 6.83. The van der Waals surface area contributed by atoms with E-state index in [4.69, 9.17) is 14.0 Å². The number of rotatable bonds is 7. The van der Waals surface area contributed by atoms with E-state index in [1.54, 1.807) is 31.4 Å². The second-order valence-electron chi connectivity index (χ2n) is 3.89. The van der Waals surface area contributed by atoms with Crippen molar-refractivity contribution in [1.29, 1.82) is 0 Å². The summed E-state index contributed by atoms with van der Waals surface area (Å²) in [5.41, 5.74) is 0.529. The number of phenols is 1. The Morgan fingerprint density at radius 3 is 2.84 bits per heavy atom. The van der Waals surface area contributed by atoms with Crippen molar-refractivity contribution < 1.29 is 19.1 Å². The SMILES string of the molecule is COCCOCCc1noc(-c2ccccc2O)n1. The van der Waals surface area contributed by atoms with Crippen molar-refractivity contribution in [2.45, 2.75) is 6.42 Å². The van der Waals surface area contributed by atoms with Crippen LogP contribution >= 0.6 is 0 Å². The molecule has 0 atom stereocenters. The van der Waals surface area contributed by atoms with Gasteiger partial charge in [-0.2, -0.15) is 4.98 Å². The molecule has 2 rings (SSSR count). The summed E-state index contributed by atoms with van der Waals surface area (Å²) in [5, 5.41) is 13.5. The predicted molar refractivity (Wildman–Crippen MR) is 67.8 cm³/mol. The Morgan fingerprint density at radius 2 is 2.05 bits per heavy atom. The lowest BCUT2D eigenvalue weighted by molar-refractivity contribution is 0.0714. The molecule has 102 valence electrons. The van der Waals surface area contributed by atoms with Gasteiger partial charge >= 0.3 is 0 Å². The van der Waals surface area contributed by atoms with Gasteiger partial charge in [-0.3, -0.25) is 0 Å². The van der Waals surface area contributed by atoms with Crippen LogP contribution in [-0.4, -0.2) is 42.2 Å². The molecule has 1 aromatic carbocycles. The first kappa shape index (κ1) is 13.5. The molecule has 0 radical (unpaired) electrons. The molecular formula is C13H16N2O4. The lowest BCUT2D eigenvalue weighted by Gasteiger charge is -2.00. The topological polar surface area (TPSA) is 77.6 Å². The summed E-state index contributed by atoms with van der Waals surface area (Å²) in [5.74, 6) is 0.981. The summed E-state index contributed by atoms with van der Waals surface area (Å²) in [6.07, 6.45) is 0.556. The maximum atomic E-state index is 9.68. The molecule has 0 saturated carbocycles. The van der Waals surface area contributed by atoms with E-state index in [2.05, 4.69) is 10.1 Å².